The number of hydrogen-bond donors (Lipinski definition) is 0. The lowest BCUT2D eigenvalue weighted by Gasteiger charge is -2.43. The van der Waals surface area contributed by atoms with Crippen LogP contribution in [-0.4, -0.2) is 91.6 Å². The van der Waals surface area contributed by atoms with Gasteiger partial charge in [-0.25, -0.2) is 0 Å². The van der Waals surface area contributed by atoms with Gasteiger partial charge in [0.05, 0.1) is 26.4 Å². The predicted octanol–water partition coefficient (Wildman–Crippen LogP) is 7.09. The van der Waals surface area contributed by atoms with Crippen molar-refractivity contribution in [3.8, 4) is 0 Å². The van der Waals surface area contributed by atoms with Crippen molar-refractivity contribution in [1.82, 2.24) is 0 Å². The van der Waals surface area contributed by atoms with E-state index in [1.807, 2.05) is 0 Å². The van der Waals surface area contributed by atoms with Crippen LogP contribution in [0.2, 0.25) is 12.1 Å². The Morgan fingerprint density at radius 1 is 0.489 bits per heavy atom. The summed E-state index contributed by atoms with van der Waals surface area (Å²) in [5.41, 5.74) is 0. The molecule has 4 aliphatic rings. The molecule has 0 amide bonds. The highest BCUT2D eigenvalue weighted by Gasteiger charge is 2.66. The first kappa shape index (κ1) is 38.3. The molecule has 0 unspecified atom stereocenters. The Labute approximate surface area is 272 Å². The Balaban J connectivity index is 1.76. The Morgan fingerprint density at radius 2 is 0.733 bits per heavy atom. The Morgan fingerprint density at radius 3 is 0.933 bits per heavy atom. The molecule has 45 heavy (non-hydrogen) atoms. The van der Waals surface area contributed by atoms with Gasteiger partial charge in [-0.15, -0.1) is 0 Å². The van der Waals surface area contributed by atoms with Crippen LogP contribution in [0.3, 0.4) is 0 Å². The van der Waals surface area contributed by atoms with E-state index in [9.17, 15) is 0 Å². The summed E-state index contributed by atoms with van der Waals surface area (Å²) >= 11 is 0. The van der Waals surface area contributed by atoms with E-state index in [4.69, 9.17) is 44.7 Å². The standard InChI is InChI=1S/C29H58O12P2Si2/c1-32-44(33-2,34-3)19-7-17-29(18-8-20-45(35-4,36-5)37-6,42(30,38-21-25-9-10-25)39-22-26-11-12-26)43(31,40-23-27-13-14-27)41-24-28-15-16-28/h25-28H,7-24H2,1-6H3. The van der Waals surface area contributed by atoms with Crippen molar-refractivity contribution < 1.29 is 53.8 Å². The van der Waals surface area contributed by atoms with Crippen LogP contribution < -0.4 is 0 Å². The molecule has 0 bridgehead atoms. The molecular weight excluding hydrogens is 658 g/mol. The van der Waals surface area contributed by atoms with E-state index in [0.717, 1.165) is 51.4 Å². The fraction of sp³-hybridized carbons (Fsp3) is 1.00. The van der Waals surface area contributed by atoms with Crippen molar-refractivity contribution >= 4 is 32.8 Å². The molecule has 0 N–H and O–H groups in total. The molecule has 0 spiro atoms. The van der Waals surface area contributed by atoms with Gasteiger partial charge in [0.1, 0.15) is 0 Å². The molecule has 0 radical (unpaired) electrons. The van der Waals surface area contributed by atoms with Crippen molar-refractivity contribution in [3.05, 3.63) is 0 Å². The second-order valence-corrected chi connectivity index (χ2v) is 24.5. The minimum Gasteiger partial charge on any atom is -0.377 e. The zero-order chi connectivity index (χ0) is 32.6. The minimum absolute atomic E-state index is 0.193. The van der Waals surface area contributed by atoms with Crippen LogP contribution in [0.5, 0.6) is 0 Å². The van der Waals surface area contributed by atoms with Crippen molar-refractivity contribution in [2.24, 2.45) is 23.7 Å². The van der Waals surface area contributed by atoms with Crippen LogP contribution >= 0.6 is 15.2 Å². The first-order chi connectivity index (χ1) is 21.6. The summed E-state index contributed by atoms with van der Waals surface area (Å²) in [6.45, 7) is 1.15. The summed E-state index contributed by atoms with van der Waals surface area (Å²) in [4.78, 5) is -1.57. The van der Waals surface area contributed by atoms with Gasteiger partial charge in [-0.05, 0) is 101 Å². The third-order valence-corrected chi connectivity index (χ3v) is 21.7. The van der Waals surface area contributed by atoms with Crippen molar-refractivity contribution in [1.29, 1.82) is 0 Å². The second kappa shape index (κ2) is 16.9. The minimum atomic E-state index is -4.13. The van der Waals surface area contributed by atoms with Crippen LogP contribution in [0.15, 0.2) is 0 Å². The van der Waals surface area contributed by atoms with E-state index in [0.29, 0.717) is 48.6 Å². The average Bonchev–Trinajstić information content (AvgIpc) is 3.87. The predicted molar refractivity (Wildman–Crippen MR) is 174 cm³/mol. The molecule has 0 saturated heterocycles. The fourth-order valence-corrected chi connectivity index (χ4v) is 15.4. The zero-order valence-electron chi connectivity index (χ0n) is 28.3. The summed E-state index contributed by atoms with van der Waals surface area (Å²) in [7, 11) is -4.87. The molecule has 0 heterocycles. The average molecular weight is 717 g/mol. The summed E-state index contributed by atoms with van der Waals surface area (Å²) in [6, 6.07) is 0.837. The lowest BCUT2D eigenvalue weighted by atomic mass is 10.1. The molecule has 4 fully saturated rings. The molecule has 0 aromatic rings. The normalized spacial score (nSPS) is 20.2. The van der Waals surface area contributed by atoms with Crippen LogP contribution in [0, 0.1) is 23.7 Å². The van der Waals surface area contributed by atoms with E-state index in [-0.39, 0.29) is 39.3 Å². The highest BCUT2D eigenvalue weighted by atomic mass is 31.2. The summed E-state index contributed by atoms with van der Waals surface area (Å²) in [6.07, 6.45) is 9.33. The van der Waals surface area contributed by atoms with Gasteiger partial charge in [0.15, 0.2) is 4.90 Å². The molecule has 16 heteroatoms. The number of rotatable bonds is 28. The first-order valence-electron chi connectivity index (χ1n) is 16.7. The zero-order valence-corrected chi connectivity index (χ0v) is 32.1. The maximum atomic E-state index is 15.7. The van der Waals surface area contributed by atoms with Crippen molar-refractivity contribution in [2.75, 3.05) is 69.1 Å². The maximum Gasteiger partial charge on any atom is 0.500 e. The Bertz CT molecular complexity index is 863. The smallest absolute Gasteiger partial charge is 0.377 e. The van der Waals surface area contributed by atoms with Crippen LogP contribution in [0.25, 0.3) is 0 Å². The van der Waals surface area contributed by atoms with Gasteiger partial charge in [0.2, 0.25) is 0 Å². The summed E-state index contributed by atoms with van der Waals surface area (Å²) in [5, 5.41) is 0. The van der Waals surface area contributed by atoms with Gasteiger partial charge in [-0.1, -0.05) is 0 Å². The SMILES string of the molecule is CO[Si](CCCC(CCC[Si](OC)(OC)OC)(P(=O)(OCC1CC1)OCC1CC1)P(=O)(OCC1CC1)OCC1CC1)(OC)OC. The first-order valence-corrected chi connectivity index (χ1v) is 23.6. The van der Waals surface area contributed by atoms with Crippen molar-refractivity contribution in [3.63, 3.8) is 0 Å². The molecule has 264 valence electrons. The molecule has 0 aromatic heterocycles. The van der Waals surface area contributed by atoms with Gasteiger partial charge in [0, 0.05) is 54.7 Å². The topological polar surface area (TPSA) is 126 Å². The van der Waals surface area contributed by atoms with Gasteiger partial charge in [-0.3, -0.25) is 9.13 Å². The fourth-order valence-electron chi connectivity index (χ4n) is 5.62. The van der Waals surface area contributed by atoms with E-state index < -0.39 is 37.7 Å². The largest absolute Gasteiger partial charge is 0.500 e. The summed E-state index contributed by atoms with van der Waals surface area (Å²) < 4.78 is 91.5. The van der Waals surface area contributed by atoms with Gasteiger partial charge in [-0.2, -0.15) is 0 Å². The second-order valence-electron chi connectivity index (χ2n) is 13.2. The summed E-state index contributed by atoms with van der Waals surface area (Å²) in [5.74, 6) is 1.24. The molecular formula is C29H58O12P2Si2. The van der Waals surface area contributed by atoms with Crippen LogP contribution in [-0.2, 0) is 53.8 Å². The highest BCUT2D eigenvalue weighted by Crippen LogP contribution is 2.82. The number of hydrogen-bond acceptors (Lipinski definition) is 12. The Kier molecular flexibility index (Phi) is 14.4. The lowest BCUT2D eigenvalue weighted by molar-refractivity contribution is 0.119. The molecule has 4 rings (SSSR count). The van der Waals surface area contributed by atoms with E-state index in [2.05, 4.69) is 0 Å². The van der Waals surface area contributed by atoms with E-state index in [1.165, 1.54) is 0 Å². The van der Waals surface area contributed by atoms with Crippen molar-refractivity contribution in [2.45, 2.75) is 94.0 Å². The molecule has 4 aliphatic carbocycles. The monoisotopic (exact) mass is 716 g/mol. The van der Waals surface area contributed by atoms with Crippen LogP contribution in [0.1, 0.15) is 77.0 Å². The van der Waals surface area contributed by atoms with E-state index in [1.54, 1.807) is 42.7 Å². The third kappa shape index (κ3) is 10.3. The molecule has 0 aromatic carbocycles. The highest BCUT2D eigenvalue weighted by molar-refractivity contribution is 7.74. The molecule has 12 nitrogen and oxygen atoms in total. The van der Waals surface area contributed by atoms with Gasteiger partial charge >= 0.3 is 32.8 Å². The lowest BCUT2D eigenvalue weighted by Crippen LogP contribution is -2.44. The maximum absolute atomic E-state index is 15.7. The van der Waals surface area contributed by atoms with Gasteiger partial charge < -0.3 is 44.7 Å². The van der Waals surface area contributed by atoms with Crippen LogP contribution in [0.4, 0.5) is 0 Å². The quantitative estimate of drug-likeness (QED) is 0.0606. The van der Waals surface area contributed by atoms with Gasteiger partial charge in [0.25, 0.3) is 0 Å². The molecule has 0 aliphatic heterocycles. The molecule has 0 atom stereocenters. The third-order valence-electron chi connectivity index (χ3n) is 9.71. The van der Waals surface area contributed by atoms with E-state index >= 15 is 9.13 Å². The Hall–Kier alpha value is 0.494. The molecule has 4 saturated carbocycles.